The Kier molecular flexibility index (Phi) is 5.58. The van der Waals surface area contributed by atoms with Gasteiger partial charge < -0.3 is 10.3 Å². The summed E-state index contributed by atoms with van der Waals surface area (Å²) >= 11 is 0. The Labute approximate surface area is 147 Å². The van der Waals surface area contributed by atoms with Gasteiger partial charge in [-0.15, -0.1) is 0 Å². The van der Waals surface area contributed by atoms with E-state index in [1.165, 1.54) is 28.1 Å². The van der Waals surface area contributed by atoms with Crippen molar-refractivity contribution in [1.29, 1.82) is 0 Å². The van der Waals surface area contributed by atoms with Crippen LogP contribution in [0, 0.1) is 12.3 Å². The van der Waals surface area contributed by atoms with E-state index in [4.69, 9.17) is 5.73 Å². The van der Waals surface area contributed by atoms with E-state index >= 15 is 0 Å². The summed E-state index contributed by atoms with van der Waals surface area (Å²) in [5, 5.41) is 0. The van der Waals surface area contributed by atoms with Crippen molar-refractivity contribution in [2.75, 3.05) is 0 Å². The zero-order chi connectivity index (χ0) is 17.9. The molecule has 0 aromatic carbocycles. The Morgan fingerprint density at radius 2 is 1.96 bits per heavy atom. The average Bonchev–Trinajstić information content (AvgIpc) is 2.72. The van der Waals surface area contributed by atoms with Crippen molar-refractivity contribution < 1.29 is 0 Å². The van der Waals surface area contributed by atoms with Crippen LogP contribution in [0.3, 0.4) is 0 Å². The van der Waals surface area contributed by atoms with E-state index in [1.54, 1.807) is 0 Å². The van der Waals surface area contributed by atoms with Gasteiger partial charge in [0, 0.05) is 29.2 Å². The Bertz CT molecular complexity index is 705. The monoisotopic (exact) mass is 324 g/mol. The van der Waals surface area contributed by atoms with Crippen LogP contribution in [-0.2, 0) is 19.4 Å². The first-order valence-corrected chi connectivity index (χ1v) is 8.91. The molecule has 2 N–H and O–H groups in total. The summed E-state index contributed by atoms with van der Waals surface area (Å²) in [6.07, 6.45) is 13.4. The lowest BCUT2D eigenvalue weighted by molar-refractivity contribution is 0.354. The Balaban J connectivity index is 2.30. The van der Waals surface area contributed by atoms with Crippen molar-refractivity contribution in [3.8, 4) is 0 Å². The van der Waals surface area contributed by atoms with Crippen molar-refractivity contribution in [2.24, 2.45) is 11.1 Å². The van der Waals surface area contributed by atoms with Crippen LogP contribution in [0.5, 0.6) is 0 Å². The van der Waals surface area contributed by atoms with Crippen LogP contribution in [0.1, 0.15) is 56.6 Å². The maximum atomic E-state index is 5.62. The number of hydrogen-bond acceptors (Lipinski definition) is 1. The summed E-state index contributed by atoms with van der Waals surface area (Å²) < 4.78 is 2.49. The molecule has 1 aliphatic carbocycles. The SMILES string of the molecule is C=C1CC(C)(C)Cc2c1c(C/C=C/C=C\C=C(/C)N)c(C)n2CC. The smallest absolute Gasteiger partial charge is 0.0260 e. The van der Waals surface area contributed by atoms with Gasteiger partial charge in [0.25, 0.3) is 0 Å². The molecule has 0 aliphatic heterocycles. The van der Waals surface area contributed by atoms with Gasteiger partial charge >= 0.3 is 0 Å². The van der Waals surface area contributed by atoms with E-state index in [2.05, 4.69) is 51.0 Å². The fourth-order valence-corrected chi connectivity index (χ4v) is 3.85. The van der Waals surface area contributed by atoms with Gasteiger partial charge in [-0.25, -0.2) is 0 Å². The molecular weight excluding hydrogens is 292 g/mol. The van der Waals surface area contributed by atoms with Crippen LogP contribution in [0.15, 0.2) is 42.7 Å². The Morgan fingerprint density at radius 1 is 1.25 bits per heavy atom. The summed E-state index contributed by atoms with van der Waals surface area (Å²) in [6, 6.07) is 0. The molecule has 0 atom stereocenters. The van der Waals surface area contributed by atoms with Crippen LogP contribution in [0.4, 0.5) is 0 Å². The van der Waals surface area contributed by atoms with Gasteiger partial charge in [0.05, 0.1) is 0 Å². The number of nitrogens with zero attached hydrogens (tertiary/aromatic N) is 1. The minimum Gasteiger partial charge on any atom is -0.402 e. The largest absolute Gasteiger partial charge is 0.402 e. The Hall–Kier alpha value is -1.96. The van der Waals surface area contributed by atoms with E-state index in [0.717, 1.165) is 31.5 Å². The second-order valence-electron chi connectivity index (χ2n) is 7.68. The van der Waals surface area contributed by atoms with Gasteiger partial charge in [-0.2, -0.15) is 0 Å². The predicted octanol–water partition coefficient (Wildman–Crippen LogP) is 5.32. The number of fused-ring (bicyclic) bond motifs is 1. The molecule has 1 aromatic rings. The Morgan fingerprint density at radius 3 is 2.58 bits per heavy atom. The van der Waals surface area contributed by atoms with Gasteiger partial charge in [-0.05, 0) is 62.7 Å². The fraction of sp³-hybridized carbons (Fsp3) is 0.455. The van der Waals surface area contributed by atoms with Crippen LogP contribution in [0.25, 0.3) is 5.57 Å². The minimum absolute atomic E-state index is 0.310. The molecule has 1 aromatic heterocycles. The number of aromatic nitrogens is 1. The van der Waals surface area contributed by atoms with Gasteiger partial charge in [-0.1, -0.05) is 44.7 Å². The van der Waals surface area contributed by atoms with Gasteiger partial charge in [0.2, 0.25) is 0 Å². The fourth-order valence-electron chi connectivity index (χ4n) is 3.85. The molecule has 2 heteroatoms. The molecule has 0 bridgehead atoms. The first-order chi connectivity index (χ1) is 11.3. The summed E-state index contributed by atoms with van der Waals surface area (Å²) in [5.41, 5.74) is 13.8. The van der Waals surface area contributed by atoms with Crippen molar-refractivity contribution in [2.45, 2.75) is 60.4 Å². The zero-order valence-electron chi connectivity index (χ0n) is 15.9. The highest BCUT2D eigenvalue weighted by atomic mass is 15.0. The molecule has 0 amide bonds. The number of allylic oxidation sites excluding steroid dienone is 7. The molecule has 0 radical (unpaired) electrons. The molecule has 130 valence electrons. The van der Waals surface area contributed by atoms with E-state index in [0.29, 0.717) is 5.41 Å². The number of rotatable bonds is 5. The molecular formula is C22H32N2. The third-order valence-corrected chi connectivity index (χ3v) is 4.80. The topological polar surface area (TPSA) is 30.9 Å². The van der Waals surface area contributed by atoms with Gasteiger partial charge in [0.15, 0.2) is 0 Å². The second kappa shape index (κ2) is 7.29. The summed E-state index contributed by atoms with van der Waals surface area (Å²) in [5.74, 6) is 0. The molecule has 0 unspecified atom stereocenters. The molecule has 0 spiro atoms. The van der Waals surface area contributed by atoms with Crippen LogP contribution in [0.2, 0.25) is 0 Å². The standard InChI is InChI=1S/C22H32N2/c1-7-24-18(4)19(13-11-9-8-10-12-17(3)23)21-16(2)14-22(5,6)15-20(21)24/h8-12H,2,7,13-15,23H2,1,3-6H3/b10-8-,11-9+,17-12+. The normalized spacial score (nSPS) is 17.9. The van der Waals surface area contributed by atoms with Gasteiger partial charge in [0.1, 0.15) is 0 Å². The molecule has 2 rings (SSSR count). The van der Waals surface area contributed by atoms with E-state index < -0.39 is 0 Å². The van der Waals surface area contributed by atoms with Crippen molar-refractivity contribution >= 4 is 5.57 Å². The lowest BCUT2D eigenvalue weighted by atomic mass is 9.74. The highest BCUT2D eigenvalue weighted by Crippen LogP contribution is 2.44. The lowest BCUT2D eigenvalue weighted by Gasteiger charge is -2.32. The summed E-state index contributed by atoms with van der Waals surface area (Å²) in [4.78, 5) is 0. The first-order valence-electron chi connectivity index (χ1n) is 8.91. The van der Waals surface area contributed by atoms with Crippen molar-refractivity contribution in [1.82, 2.24) is 4.57 Å². The van der Waals surface area contributed by atoms with Crippen molar-refractivity contribution in [3.05, 3.63) is 65.2 Å². The zero-order valence-corrected chi connectivity index (χ0v) is 15.9. The van der Waals surface area contributed by atoms with Crippen LogP contribution < -0.4 is 5.73 Å². The molecule has 1 heterocycles. The molecule has 0 fully saturated rings. The third kappa shape index (κ3) is 3.92. The van der Waals surface area contributed by atoms with Crippen LogP contribution in [-0.4, -0.2) is 4.57 Å². The summed E-state index contributed by atoms with van der Waals surface area (Å²) in [6.45, 7) is 16.5. The molecule has 2 nitrogen and oxygen atoms in total. The number of hydrogen-bond donors (Lipinski definition) is 1. The predicted molar refractivity (Wildman–Crippen MR) is 106 cm³/mol. The first kappa shape index (κ1) is 18.4. The van der Waals surface area contributed by atoms with Crippen LogP contribution >= 0.6 is 0 Å². The van der Waals surface area contributed by atoms with E-state index in [-0.39, 0.29) is 0 Å². The minimum atomic E-state index is 0.310. The molecule has 1 aliphatic rings. The van der Waals surface area contributed by atoms with Gasteiger partial charge in [-0.3, -0.25) is 0 Å². The maximum Gasteiger partial charge on any atom is 0.0260 e. The molecule has 24 heavy (non-hydrogen) atoms. The van der Waals surface area contributed by atoms with E-state index in [1.807, 2.05) is 25.2 Å². The molecule has 0 saturated carbocycles. The van der Waals surface area contributed by atoms with E-state index in [9.17, 15) is 0 Å². The highest BCUT2D eigenvalue weighted by molar-refractivity contribution is 5.72. The lowest BCUT2D eigenvalue weighted by Crippen LogP contribution is -2.23. The maximum absolute atomic E-state index is 5.62. The quantitative estimate of drug-likeness (QED) is 0.730. The average molecular weight is 325 g/mol. The summed E-state index contributed by atoms with van der Waals surface area (Å²) in [7, 11) is 0. The number of nitrogens with two attached hydrogens (primary N) is 1. The highest BCUT2D eigenvalue weighted by Gasteiger charge is 2.32. The van der Waals surface area contributed by atoms with Crippen molar-refractivity contribution in [3.63, 3.8) is 0 Å². The third-order valence-electron chi connectivity index (χ3n) is 4.80. The second-order valence-corrected chi connectivity index (χ2v) is 7.68. The molecule has 0 saturated heterocycles.